The van der Waals surface area contributed by atoms with Crippen molar-refractivity contribution in [1.29, 1.82) is 5.26 Å². The summed E-state index contributed by atoms with van der Waals surface area (Å²) in [7, 11) is 0. The van der Waals surface area contributed by atoms with Crippen molar-refractivity contribution in [2.24, 2.45) is 0 Å². The van der Waals surface area contributed by atoms with Gasteiger partial charge in [0.2, 0.25) is 5.95 Å². The monoisotopic (exact) mass is 454 g/mol. The van der Waals surface area contributed by atoms with Gasteiger partial charge in [0.25, 0.3) is 5.91 Å². The Hall–Kier alpha value is -2.61. The number of piperidine rings is 1. The average Bonchev–Trinajstić information content (AvgIpc) is 3.27. The van der Waals surface area contributed by atoms with E-state index in [9.17, 15) is 4.79 Å². The van der Waals surface area contributed by atoms with Gasteiger partial charge in [-0.05, 0) is 39.3 Å². The van der Waals surface area contributed by atoms with Crippen LogP contribution in [0.15, 0.2) is 17.6 Å². The molecule has 1 unspecified atom stereocenters. The lowest BCUT2D eigenvalue weighted by Gasteiger charge is -2.36. The highest BCUT2D eigenvalue weighted by Gasteiger charge is 2.25. The Kier molecular flexibility index (Phi) is 7.29. The summed E-state index contributed by atoms with van der Waals surface area (Å²) < 4.78 is 0. The van der Waals surface area contributed by atoms with Crippen LogP contribution in [0, 0.1) is 11.3 Å². The maximum absolute atomic E-state index is 12.9. The standard InChI is InChI=1S/C22H30N8OS/c1-16(2)29-10-12-30(13-11-29)20(31)19-15-32-22(26-19)27-21-24-7-5-18(25-21)17-4-3-8-28(14-17)9-6-23/h5,7,15-17H,3-4,8-14H2,1-2H3,(H,24,25,26,27). The van der Waals surface area contributed by atoms with Crippen molar-refractivity contribution in [1.82, 2.24) is 29.7 Å². The topological polar surface area (TPSA) is 101 Å². The lowest BCUT2D eigenvalue weighted by molar-refractivity contribution is 0.0591. The normalized spacial score (nSPS) is 20.3. The summed E-state index contributed by atoms with van der Waals surface area (Å²) in [6.45, 7) is 9.87. The van der Waals surface area contributed by atoms with Gasteiger partial charge in [-0.2, -0.15) is 5.26 Å². The molecule has 9 nitrogen and oxygen atoms in total. The molecule has 1 atom stereocenters. The maximum Gasteiger partial charge on any atom is 0.273 e. The van der Waals surface area contributed by atoms with Gasteiger partial charge in [0.15, 0.2) is 5.13 Å². The van der Waals surface area contributed by atoms with Crippen molar-refractivity contribution in [2.75, 3.05) is 51.1 Å². The van der Waals surface area contributed by atoms with Crippen molar-refractivity contribution < 1.29 is 4.79 Å². The van der Waals surface area contributed by atoms with E-state index in [0.29, 0.717) is 35.3 Å². The number of nitrogens with one attached hydrogen (secondary N) is 1. The summed E-state index contributed by atoms with van der Waals surface area (Å²) in [5.74, 6) is 0.754. The molecule has 1 amide bonds. The van der Waals surface area contributed by atoms with E-state index in [0.717, 1.165) is 57.8 Å². The number of amides is 1. The molecule has 0 saturated carbocycles. The summed E-state index contributed by atoms with van der Waals surface area (Å²) in [5, 5.41) is 14.5. The maximum atomic E-state index is 12.9. The first-order valence-corrected chi connectivity index (χ1v) is 12.1. The molecule has 0 spiro atoms. The molecule has 4 heterocycles. The van der Waals surface area contributed by atoms with Gasteiger partial charge < -0.3 is 10.2 Å². The molecule has 0 bridgehead atoms. The number of likely N-dealkylation sites (tertiary alicyclic amines) is 1. The number of nitrogens with zero attached hydrogens (tertiary/aromatic N) is 7. The fraction of sp³-hybridized carbons (Fsp3) is 0.591. The first-order chi connectivity index (χ1) is 15.5. The largest absolute Gasteiger partial charge is 0.335 e. The number of carbonyl (C=O) groups excluding carboxylic acids is 1. The summed E-state index contributed by atoms with van der Waals surface area (Å²) in [6.07, 6.45) is 3.86. The summed E-state index contributed by atoms with van der Waals surface area (Å²) >= 11 is 1.39. The van der Waals surface area contributed by atoms with Gasteiger partial charge in [0.05, 0.1) is 18.3 Å². The van der Waals surface area contributed by atoms with Crippen LogP contribution in [0.1, 0.15) is 48.8 Å². The zero-order valence-corrected chi connectivity index (χ0v) is 19.5. The molecule has 4 rings (SSSR count). The third-order valence-corrected chi connectivity index (χ3v) is 6.93. The van der Waals surface area contributed by atoms with Gasteiger partial charge in [-0.15, -0.1) is 11.3 Å². The number of piperazine rings is 1. The van der Waals surface area contributed by atoms with Gasteiger partial charge in [-0.1, -0.05) is 0 Å². The van der Waals surface area contributed by atoms with Gasteiger partial charge >= 0.3 is 0 Å². The predicted octanol–water partition coefficient (Wildman–Crippen LogP) is 2.55. The third-order valence-electron chi connectivity index (χ3n) is 6.17. The molecule has 2 aromatic heterocycles. The van der Waals surface area contributed by atoms with E-state index in [1.807, 2.05) is 11.0 Å². The molecular weight excluding hydrogens is 424 g/mol. The second kappa shape index (κ2) is 10.3. The van der Waals surface area contributed by atoms with Crippen molar-refractivity contribution in [3.05, 3.63) is 29.0 Å². The van der Waals surface area contributed by atoms with E-state index in [-0.39, 0.29) is 5.91 Å². The molecule has 32 heavy (non-hydrogen) atoms. The molecule has 0 radical (unpaired) electrons. The second-order valence-electron chi connectivity index (χ2n) is 8.62. The minimum atomic E-state index is -0.0211. The quantitative estimate of drug-likeness (QED) is 0.665. The summed E-state index contributed by atoms with van der Waals surface area (Å²) in [4.78, 5) is 32.8. The minimum Gasteiger partial charge on any atom is -0.335 e. The summed E-state index contributed by atoms with van der Waals surface area (Å²) in [5.41, 5.74) is 1.44. The van der Waals surface area contributed by atoms with Crippen LogP contribution in [0.4, 0.5) is 11.1 Å². The molecule has 10 heteroatoms. The number of carbonyl (C=O) groups is 1. The van der Waals surface area contributed by atoms with Crippen LogP contribution >= 0.6 is 11.3 Å². The van der Waals surface area contributed by atoms with Crippen LogP contribution in [0.2, 0.25) is 0 Å². The average molecular weight is 455 g/mol. The van der Waals surface area contributed by atoms with Crippen molar-refractivity contribution in [3.63, 3.8) is 0 Å². The smallest absolute Gasteiger partial charge is 0.273 e. The Bertz CT molecular complexity index is 963. The van der Waals surface area contributed by atoms with Crippen LogP contribution in [0.5, 0.6) is 0 Å². The highest BCUT2D eigenvalue weighted by Crippen LogP contribution is 2.27. The first-order valence-electron chi connectivity index (χ1n) is 11.2. The SMILES string of the molecule is CC(C)N1CCN(C(=O)c2csc(Nc3nccc(C4CCCN(CC#N)C4)n3)n2)CC1. The lowest BCUT2D eigenvalue weighted by atomic mass is 9.94. The fourth-order valence-corrected chi connectivity index (χ4v) is 5.01. The van der Waals surface area contributed by atoms with E-state index in [1.54, 1.807) is 11.6 Å². The Morgan fingerprint density at radius 1 is 1.28 bits per heavy atom. The van der Waals surface area contributed by atoms with E-state index < -0.39 is 0 Å². The minimum absolute atomic E-state index is 0.0211. The number of nitriles is 1. The van der Waals surface area contributed by atoms with Gasteiger partial charge in [-0.3, -0.25) is 14.6 Å². The molecule has 170 valence electrons. The van der Waals surface area contributed by atoms with Crippen molar-refractivity contribution in [3.8, 4) is 6.07 Å². The van der Waals surface area contributed by atoms with E-state index in [4.69, 9.17) is 5.26 Å². The van der Waals surface area contributed by atoms with E-state index in [2.05, 4.69) is 50.0 Å². The Labute approximate surface area is 193 Å². The van der Waals surface area contributed by atoms with E-state index in [1.165, 1.54) is 11.3 Å². The zero-order chi connectivity index (χ0) is 22.5. The molecule has 0 aliphatic carbocycles. The number of thiazole rings is 1. The number of hydrogen-bond donors (Lipinski definition) is 1. The lowest BCUT2D eigenvalue weighted by Crippen LogP contribution is -2.50. The number of rotatable bonds is 6. The van der Waals surface area contributed by atoms with E-state index >= 15 is 0 Å². The Balaban J connectivity index is 1.37. The number of hydrogen-bond acceptors (Lipinski definition) is 9. The predicted molar refractivity (Wildman–Crippen MR) is 124 cm³/mol. The molecule has 2 aliphatic rings. The molecule has 0 aromatic carbocycles. The highest BCUT2D eigenvalue weighted by atomic mass is 32.1. The van der Waals surface area contributed by atoms with Crippen molar-refractivity contribution >= 4 is 28.3 Å². The van der Waals surface area contributed by atoms with Gasteiger partial charge in [0.1, 0.15) is 5.69 Å². The van der Waals surface area contributed by atoms with Crippen LogP contribution in [-0.4, -0.2) is 87.4 Å². The van der Waals surface area contributed by atoms with Crippen LogP contribution in [0.25, 0.3) is 0 Å². The van der Waals surface area contributed by atoms with Crippen LogP contribution < -0.4 is 5.32 Å². The molecule has 2 fully saturated rings. The highest BCUT2D eigenvalue weighted by molar-refractivity contribution is 7.14. The Morgan fingerprint density at radius 3 is 2.84 bits per heavy atom. The van der Waals surface area contributed by atoms with Gasteiger partial charge in [0, 0.05) is 56.3 Å². The first kappa shape index (κ1) is 22.6. The molecular formula is C22H30N8OS. The Morgan fingerprint density at radius 2 is 2.09 bits per heavy atom. The second-order valence-corrected chi connectivity index (χ2v) is 9.48. The molecule has 2 aliphatic heterocycles. The van der Waals surface area contributed by atoms with Crippen LogP contribution in [-0.2, 0) is 0 Å². The van der Waals surface area contributed by atoms with Crippen LogP contribution in [0.3, 0.4) is 0 Å². The van der Waals surface area contributed by atoms with Crippen molar-refractivity contribution in [2.45, 2.75) is 38.6 Å². The number of aromatic nitrogens is 3. The fourth-order valence-electron chi connectivity index (χ4n) is 4.33. The molecule has 2 aromatic rings. The summed E-state index contributed by atoms with van der Waals surface area (Å²) in [6, 6.07) is 4.68. The van der Waals surface area contributed by atoms with Gasteiger partial charge in [-0.25, -0.2) is 15.0 Å². The number of anilines is 2. The molecule has 2 saturated heterocycles. The zero-order valence-electron chi connectivity index (χ0n) is 18.7. The molecule has 1 N–H and O–H groups in total. The third kappa shape index (κ3) is 5.41.